The molecule has 0 saturated carbocycles. The number of ether oxygens (including phenoxy) is 2. The molecule has 0 N–H and O–H groups in total. The maximum atomic E-state index is 11.6. The smallest absolute Gasteiger partial charge is 0.378 e. The number of rotatable bonds is 6. The van der Waals surface area contributed by atoms with Crippen molar-refractivity contribution in [3.05, 3.63) is 33.5 Å². The molecular weight excluding hydrogens is 364 g/mol. The second-order valence-corrected chi connectivity index (χ2v) is 5.16. The Morgan fingerprint density at radius 2 is 2.29 bits per heavy atom. The average molecular weight is 376 g/mol. The van der Waals surface area contributed by atoms with E-state index < -0.39 is 5.97 Å². The van der Waals surface area contributed by atoms with E-state index in [1.165, 1.54) is 4.68 Å². The molecule has 1 aromatic carbocycles. The molecule has 0 aliphatic carbocycles. The van der Waals surface area contributed by atoms with Crippen LogP contribution in [0.15, 0.2) is 22.7 Å². The number of nitrogens with zero attached hydrogens (tertiary/aromatic N) is 4. The molecule has 0 fully saturated rings. The first-order valence-electron chi connectivity index (χ1n) is 6.13. The van der Waals surface area contributed by atoms with Crippen LogP contribution in [0.3, 0.4) is 0 Å². The van der Waals surface area contributed by atoms with Crippen LogP contribution in [-0.2, 0) is 11.3 Å². The lowest BCUT2D eigenvalue weighted by Gasteiger charge is -2.09. The van der Waals surface area contributed by atoms with Crippen LogP contribution in [0.1, 0.15) is 17.5 Å². The van der Waals surface area contributed by atoms with Gasteiger partial charge >= 0.3 is 5.97 Å². The predicted molar refractivity (Wildman–Crippen MR) is 78.4 cm³/mol. The highest BCUT2D eigenvalue weighted by Crippen LogP contribution is 2.27. The van der Waals surface area contributed by atoms with Gasteiger partial charge in [0.2, 0.25) is 0 Å². The van der Waals surface area contributed by atoms with Crippen molar-refractivity contribution < 1.29 is 14.3 Å². The SMILES string of the molecule is CCOC(=O)c1nnnn1CCOc1ccc(Cl)cc1Br. The number of tetrazole rings is 1. The van der Waals surface area contributed by atoms with E-state index in [2.05, 4.69) is 31.5 Å². The molecule has 0 spiro atoms. The first-order valence-corrected chi connectivity index (χ1v) is 7.30. The minimum atomic E-state index is -0.560. The zero-order chi connectivity index (χ0) is 15.2. The van der Waals surface area contributed by atoms with E-state index in [-0.39, 0.29) is 19.0 Å². The maximum absolute atomic E-state index is 11.6. The van der Waals surface area contributed by atoms with Gasteiger partial charge in [-0.1, -0.05) is 11.6 Å². The van der Waals surface area contributed by atoms with Crippen LogP contribution in [0, 0.1) is 0 Å². The van der Waals surface area contributed by atoms with Crippen LogP contribution in [0.25, 0.3) is 0 Å². The molecule has 0 saturated heterocycles. The molecule has 0 aliphatic rings. The number of carbonyl (C=O) groups excluding carboxylic acids is 1. The number of hydrogen-bond donors (Lipinski definition) is 0. The molecule has 0 unspecified atom stereocenters. The van der Waals surface area contributed by atoms with Gasteiger partial charge in [0.1, 0.15) is 12.4 Å². The number of benzene rings is 1. The Balaban J connectivity index is 1.95. The van der Waals surface area contributed by atoms with Crippen molar-refractivity contribution in [1.82, 2.24) is 20.2 Å². The highest BCUT2D eigenvalue weighted by molar-refractivity contribution is 9.10. The summed E-state index contributed by atoms with van der Waals surface area (Å²) < 4.78 is 12.5. The zero-order valence-corrected chi connectivity index (χ0v) is 13.5. The van der Waals surface area contributed by atoms with E-state index in [4.69, 9.17) is 21.1 Å². The number of esters is 1. The molecule has 0 atom stereocenters. The molecule has 0 bridgehead atoms. The zero-order valence-electron chi connectivity index (χ0n) is 11.1. The average Bonchev–Trinajstić information content (AvgIpc) is 2.90. The Kier molecular flexibility index (Phi) is 5.51. The van der Waals surface area contributed by atoms with Crippen LogP contribution >= 0.6 is 27.5 Å². The summed E-state index contributed by atoms with van der Waals surface area (Å²) in [6.07, 6.45) is 0. The van der Waals surface area contributed by atoms with Crippen molar-refractivity contribution in [3.8, 4) is 5.75 Å². The summed E-state index contributed by atoms with van der Waals surface area (Å²) in [5.74, 6) is 0.135. The Morgan fingerprint density at radius 3 is 3.00 bits per heavy atom. The third-order valence-electron chi connectivity index (χ3n) is 2.44. The number of aromatic nitrogens is 4. The summed E-state index contributed by atoms with van der Waals surface area (Å²) in [6.45, 7) is 2.58. The van der Waals surface area contributed by atoms with Gasteiger partial charge in [-0.3, -0.25) is 0 Å². The molecule has 112 valence electrons. The van der Waals surface area contributed by atoms with Crippen molar-refractivity contribution in [1.29, 1.82) is 0 Å². The molecule has 1 heterocycles. The summed E-state index contributed by atoms with van der Waals surface area (Å²) in [4.78, 5) is 11.6. The minimum Gasteiger partial charge on any atom is -0.490 e. The van der Waals surface area contributed by atoms with E-state index >= 15 is 0 Å². The molecule has 0 amide bonds. The standard InChI is InChI=1S/C12H12BrClN4O3/c1-2-20-12(19)11-15-16-17-18(11)5-6-21-10-4-3-8(14)7-9(10)13/h3-4,7H,2,5-6H2,1H3. The lowest BCUT2D eigenvalue weighted by molar-refractivity contribution is 0.0503. The van der Waals surface area contributed by atoms with Gasteiger partial charge in [0.15, 0.2) is 0 Å². The topological polar surface area (TPSA) is 79.1 Å². The van der Waals surface area contributed by atoms with E-state index in [0.717, 1.165) is 4.47 Å². The molecule has 0 radical (unpaired) electrons. The maximum Gasteiger partial charge on any atom is 0.378 e. The Morgan fingerprint density at radius 1 is 1.48 bits per heavy atom. The Hall–Kier alpha value is -1.67. The molecule has 21 heavy (non-hydrogen) atoms. The number of hydrogen-bond acceptors (Lipinski definition) is 6. The van der Waals surface area contributed by atoms with Gasteiger partial charge in [-0.25, -0.2) is 9.48 Å². The number of halogens is 2. The Bertz CT molecular complexity index is 635. The summed E-state index contributed by atoms with van der Waals surface area (Å²) in [5.41, 5.74) is 0. The van der Waals surface area contributed by atoms with Gasteiger partial charge in [-0.15, -0.1) is 5.10 Å². The van der Waals surface area contributed by atoms with Gasteiger partial charge in [0, 0.05) is 5.02 Å². The summed E-state index contributed by atoms with van der Waals surface area (Å²) in [7, 11) is 0. The molecule has 2 aromatic rings. The van der Waals surface area contributed by atoms with Crippen molar-refractivity contribution in [2.45, 2.75) is 13.5 Å². The van der Waals surface area contributed by atoms with Crippen molar-refractivity contribution in [3.63, 3.8) is 0 Å². The second-order valence-electron chi connectivity index (χ2n) is 3.87. The molecule has 0 aliphatic heterocycles. The van der Waals surface area contributed by atoms with Crippen molar-refractivity contribution in [2.24, 2.45) is 0 Å². The van der Waals surface area contributed by atoms with Crippen LogP contribution in [0.2, 0.25) is 5.02 Å². The predicted octanol–water partition coefficient (Wildman–Crippen LogP) is 2.34. The molecule has 7 nitrogen and oxygen atoms in total. The molecule has 2 rings (SSSR count). The highest BCUT2D eigenvalue weighted by Gasteiger charge is 2.16. The molecule has 1 aromatic heterocycles. The highest BCUT2D eigenvalue weighted by atomic mass is 79.9. The van der Waals surface area contributed by atoms with Crippen molar-refractivity contribution >= 4 is 33.5 Å². The monoisotopic (exact) mass is 374 g/mol. The first kappa shape index (κ1) is 15.7. The van der Waals surface area contributed by atoms with E-state index in [0.29, 0.717) is 17.3 Å². The number of carbonyl (C=O) groups is 1. The fourth-order valence-corrected chi connectivity index (χ4v) is 2.33. The summed E-state index contributed by atoms with van der Waals surface area (Å²) in [5, 5.41) is 11.4. The van der Waals surface area contributed by atoms with Crippen LogP contribution < -0.4 is 4.74 Å². The van der Waals surface area contributed by atoms with Crippen LogP contribution in [-0.4, -0.2) is 39.4 Å². The minimum absolute atomic E-state index is 0.0515. The summed E-state index contributed by atoms with van der Waals surface area (Å²) in [6, 6.07) is 5.21. The third-order valence-corrected chi connectivity index (χ3v) is 3.30. The molecule has 9 heteroatoms. The summed E-state index contributed by atoms with van der Waals surface area (Å²) >= 11 is 9.20. The van der Waals surface area contributed by atoms with Gasteiger partial charge in [-0.2, -0.15) is 0 Å². The quantitative estimate of drug-likeness (QED) is 0.721. The van der Waals surface area contributed by atoms with Crippen molar-refractivity contribution in [2.75, 3.05) is 13.2 Å². The van der Waals surface area contributed by atoms with E-state index in [9.17, 15) is 4.79 Å². The fourth-order valence-electron chi connectivity index (χ4n) is 1.53. The largest absolute Gasteiger partial charge is 0.490 e. The fraction of sp³-hybridized carbons (Fsp3) is 0.333. The normalized spacial score (nSPS) is 10.4. The second kappa shape index (κ2) is 7.37. The van der Waals surface area contributed by atoms with E-state index in [1.54, 1.807) is 25.1 Å². The van der Waals surface area contributed by atoms with Gasteiger partial charge in [0.25, 0.3) is 5.82 Å². The lowest BCUT2D eigenvalue weighted by Crippen LogP contribution is -2.18. The van der Waals surface area contributed by atoms with Gasteiger partial charge < -0.3 is 9.47 Å². The molecular formula is C12H12BrClN4O3. The Labute approximate surface area is 134 Å². The van der Waals surface area contributed by atoms with Crippen LogP contribution in [0.5, 0.6) is 5.75 Å². The third kappa shape index (κ3) is 4.15. The van der Waals surface area contributed by atoms with Gasteiger partial charge in [0.05, 0.1) is 17.6 Å². The van der Waals surface area contributed by atoms with Crippen LogP contribution in [0.4, 0.5) is 0 Å². The van der Waals surface area contributed by atoms with E-state index in [1.807, 2.05) is 0 Å². The van der Waals surface area contributed by atoms with Gasteiger partial charge in [-0.05, 0) is 51.5 Å². The lowest BCUT2D eigenvalue weighted by atomic mass is 10.3. The first-order chi connectivity index (χ1) is 10.1.